The van der Waals surface area contributed by atoms with Gasteiger partial charge < -0.3 is 10.5 Å². The van der Waals surface area contributed by atoms with Gasteiger partial charge in [0, 0.05) is 42.2 Å². The standard InChI is InChI=1S/C22H28N6O2/c1-12-17(9-23)14(6-7-20(12)30-3)21-18(11-25-28(21)2)13-4-5-15-16(8-13)19(10-24)26-27-22(15)29/h6-7,11,13,15-16,19,26H,4-5,8,10,24H2,1-3H3,(H,27,29). The molecule has 8 heteroatoms. The lowest BCUT2D eigenvalue weighted by Crippen LogP contribution is -2.62. The molecule has 1 aromatic carbocycles. The first kappa shape index (κ1) is 20.4. The molecule has 0 radical (unpaired) electrons. The average molecular weight is 409 g/mol. The molecule has 1 aliphatic heterocycles. The molecule has 0 spiro atoms. The summed E-state index contributed by atoms with van der Waals surface area (Å²) in [6, 6.07) is 6.26. The normalized spacial score (nSPS) is 25.9. The third-order valence-corrected chi connectivity index (χ3v) is 6.80. The molecule has 1 amide bonds. The van der Waals surface area contributed by atoms with Crippen LogP contribution in [-0.4, -0.2) is 35.4 Å². The van der Waals surface area contributed by atoms with Crippen molar-refractivity contribution in [1.29, 1.82) is 5.26 Å². The van der Waals surface area contributed by atoms with Crippen LogP contribution < -0.4 is 21.3 Å². The van der Waals surface area contributed by atoms with Crippen LogP contribution in [0.4, 0.5) is 0 Å². The maximum atomic E-state index is 12.3. The zero-order valence-corrected chi connectivity index (χ0v) is 17.6. The lowest BCUT2D eigenvalue weighted by Gasteiger charge is -2.43. The number of hydrogen-bond donors (Lipinski definition) is 3. The number of nitrogens with zero attached hydrogens (tertiary/aromatic N) is 3. The van der Waals surface area contributed by atoms with Crippen molar-refractivity contribution in [3.8, 4) is 23.1 Å². The van der Waals surface area contributed by atoms with Crippen LogP contribution in [0.2, 0.25) is 0 Å². The number of rotatable bonds is 4. The van der Waals surface area contributed by atoms with Crippen LogP contribution in [0.5, 0.6) is 5.75 Å². The smallest absolute Gasteiger partial charge is 0.237 e. The number of ether oxygens (including phenoxy) is 1. The van der Waals surface area contributed by atoms with Crippen molar-refractivity contribution in [3.63, 3.8) is 0 Å². The first-order valence-electron chi connectivity index (χ1n) is 10.4. The van der Waals surface area contributed by atoms with Crippen molar-refractivity contribution in [2.45, 2.75) is 38.1 Å². The summed E-state index contributed by atoms with van der Waals surface area (Å²) in [5, 5.41) is 14.4. The van der Waals surface area contributed by atoms with Gasteiger partial charge in [0.05, 0.1) is 24.6 Å². The SMILES string of the molecule is COc1ccc(-c2c(C3CCC4C(=O)NNC(CN)C4C3)cnn2C)c(C#N)c1C. The number of hydrazine groups is 1. The van der Waals surface area contributed by atoms with Crippen LogP contribution in [0.3, 0.4) is 0 Å². The highest BCUT2D eigenvalue weighted by Gasteiger charge is 2.43. The molecule has 2 fully saturated rings. The summed E-state index contributed by atoms with van der Waals surface area (Å²) >= 11 is 0. The number of benzene rings is 1. The number of nitrogens with two attached hydrogens (primary N) is 1. The summed E-state index contributed by atoms with van der Waals surface area (Å²) in [4.78, 5) is 12.3. The van der Waals surface area contributed by atoms with Crippen LogP contribution in [0, 0.1) is 30.1 Å². The first-order valence-corrected chi connectivity index (χ1v) is 10.4. The second-order valence-electron chi connectivity index (χ2n) is 8.26. The summed E-state index contributed by atoms with van der Waals surface area (Å²) in [5.41, 5.74) is 16.2. The molecule has 2 aromatic rings. The van der Waals surface area contributed by atoms with Crippen molar-refractivity contribution >= 4 is 5.91 Å². The van der Waals surface area contributed by atoms with E-state index in [0.717, 1.165) is 41.6 Å². The average Bonchev–Trinajstić information content (AvgIpc) is 3.14. The van der Waals surface area contributed by atoms with Crippen molar-refractivity contribution in [2.24, 2.45) is 24.6 Å². The highest BCUT2D eigenvalue weighted by Crippen LogP contribution is 2.45. The Hall–Kier alpha value is -2.89. The summed E-state index contributed by atoms with van der Waals surface area (Å²) < 4.78 is 7.24. The summed E-state index contributed by atoms with van der Waals surface area (Å²) in [5.74, 6) is 1.19. The fraction of sp³-hybridized carbons (Fsp3) is 0.500. The summed E-state index contributed by atoms with van der Waals surface area (Å²) in [7, 11) is 3.52. The van der Waals surface area contributed by atoms with E-state index in [2.05, 4.69) is 22.0 Å². The van der Waals surface area contributed by atoms with E-state index in [-0.39, 0.29) is 29.7 Å². The number of hydrogen-bond acceptors (Lipinski definition) is 6. The van der Waals surface area contributed by atoms with Gasteiger partial charge in [0.25, 0.3) is 0 Å². The molecule has 8 nitrogen and oxygen atoms in total. The molecule has 1 aromatic heterocycles. The Morgan fingerprint density at radius 1 is 1.40 bits per heavy atom. The van der Waals surface area contributed by atoms with Crippen molar-refractivity contribution < 1.29 is 9.53 Å². The van der Waals surface area contributed by atoms with Crippen molar-refractivity contribution in [3.05, 3.63) is 35.0 Å². The van der Waals surface area contributed by atoms with Crippen LogP contribution >= 0.6 is 0 Å². The second kappa shape index (κ2) is 8.09. The van der Waals surface area contributed by atoms with Gasteiger partial charge in [0.2, 0.25) is 5.91 Å². The Balaban J connectivity index is 1.73. The molecule has 1 saturated heterocycles. The van der Waals surface area contributed by atoms with Gasteiger partial charge >= 0.3 is 0 Å². The fourth-order valence-corrected chi connectivity index (χ4v) is 5.19. The number of aromatic nitrogens is 2. The molecule has 4 N–H and O–H groups in total. The Morgan fingerprint density at radius 2 is 2.20 bits per heavy atom. The molecule has 1 aliphatic carbocycles. The van der Waals surface area contributed by atoms with E-state index in [1.807, 2.05) is 37.0 Å². The third-order valence-electron chi connectivity index (χ3n) is 6.80. The predicted octanol–water partition coefficient (Wildman–Crippen LogP) is 1.74. The Bertz CT molecular complexity index is 1010. The minimum atomic E-state index is -0.00549. The molecule has 4 atom stereocenters. The molecule has 30 heavy (non-hydrogen) atoms. The topological polar surface area (TPSA) is 118 Å². The minimum absolute atomic E-state index is 0.00549. The van der Waals surface area contributed by atoms with E-state index >= 15 is 0 Å². The number of methoxy groups -OCH3 is 1. The van der Waals surface area contributed by atoms with Gasteiger partial charge in [-0.3, -0.25) is 14.9 Å². The predicted molar refractivity (Wildman–Crippen MR) is 112 cm³/mol. The van der Waals surface area contributed by atoms with Crippen LogP contribution in [0.1, 0.15) is 41.9 Å². The first-order chi connectivity index (χ1) is 14.5. The molecule has 2 aliphatic rings. The van der Waals surface area contributed by atoms with Gasteiger partial charge in [-0.25, -0.2) is 5.43 Å². The second-order valence-corrected chi connectivity index (χ2v) is 8.26. The zero-order chi connectivity index (χ0) is 21.4. The van der Waals surface area contributed by atoms with Crippen LogP contribution in [0.25, 0.3) is 11.3 Å². The monoisotopic (exact) mass is 408 g/mol. The van der Waals surface area contributed by atoms with E-state index < -0.39 is 0 Å². The number of amides is 1. The largest absolute Gasteiger partial charge is 0.496 e. The van der Waals surface area contributed by atoms with Crippen molar-refractivity contribution in [1.82, 2.24) is 20.6 Å². The van der Waals surface area contributed by atoms with Crippen LogP contribution in [0.15, 0.2) is 18.3 Å². The molecule has 4 unspecified atom stereocenters. The summed E-state index contributed by atoms with van der Waals surface area (Å²) in [6.45, 7) is 2.38. The van der Waals surface area contributed by atoms with E-state index in [0.29, 0.717) is 17.9 Å². The molecule has 0 bridgehead atoms. The van der Waals surface area contributed by atoms with E-state index in [1.54, 1.807) is 7.11 Å². The number of nitrogens with one attached hydrogen (secondary N) is 2. The van der Waals surface area contributed by atoms with Crippen molar-refractivity contribution in [2.75, 3.05) is 13.7 Å². The maximum Gasteiger partial charge on any atom is 0.237 e. The molecular formula is C22H28N6O2. The Kier molecular flexibility index (Phi) is 5.50. The molecular weight excluding hydrogens is 380 g/mol. The van der Waals surface area contributed by atoms with Gasteiger partial charge in [-0.05, 0) is 50.2 Å². The minimum Gasteiger partial charge on any atom is -0.496 e. The summed E-state index contributed by atoms with van der Waals surface area (Å²) in [6.07, 6.45) is 4.50. The van der Waals surface area contributed by atoms with Gasteiger partial charge in [0.15, 0.2) is 0 Å². The van der Waals surface area contributed by atoms with Gasteiger partial charge in [-0.15, -0.1) is 0 Å². The quantitative estimate of drug-likeness (QED) is 0.709. The van der Waals surface area contributed by atoms with Gasteiger partial charge in [-0.1, -0.05) is 0 Å². The highest BCUT2D eigenvalue weighted by molar-refractivity contribution is 5.80. The zero-order valence-electron chi connectivity index (χ0n) is 17.6. The number of nitriles is 1. The van der Waals surface area contributed by atoms with E-state index in [1.165, 1.54) is 0 Å². The number of aryl methyl sites for hydroxylation is 1. The molecule has 1 saturated carbocycles. The Morgan fingerprint density at radius 3 is 2.90 bits per heavy atom. The van der Waals surface area contributed by atoms with E-state index in [9.17, 15) is 10.1 Å². The molecule has 2 heterocycles. The number of fused-ring (bicyclic) bond motifs is 1. The number of carbonyl (C=O) groups is 1. The van der Waals surface area contributed by atoms with Gasteiger partial charge in [0.1, 0.15) is 11.8 Å². The lowest BCUT2D eigenvalue weighted by molar-refractivity contribution is -0.133. The van der Waals surface area contributed by atoms with E-state index in [4.69, 9.17) is 10.5 Å². The maximum absolute atomic E-state index is 12.3. The lowest BCUT2D eigenvalue weighted by atomic mass is 9.68. The van der Waals surface area contributed by atoms with Gasteiger partial charge in [-0.2, -0.15) is 10.4 Å². The third kappa shape index (κ3) is 3.24. The number of carbonyl (C=O) groups excluding carboxylic acids is 1. The Labute approximate surface area is 176 Å². The molecule has 4 rings (SSSR count). The van der Waals surface area contributed by atoms with Crippen LogP contribution in [-0.2, 0) is 11.8 Å². The molecule has 158 valence electrons. The fourth-order valence-electron chi connectivity index (χ4n) is 5.19. The highest BCUT2D eigenvalue weighted by atomic mass is 16.5.